The minimum Gasteiger partial charge on any atom is -0.366 e. The SMILES string of the molecule is CCc1cc(Br)ccc1N1CC(C(C)C)NCC1C. The predicted octanol–water partition coefficient (Wildman–Crippen LogP) is 3.83. The molecule has 3 heteroatoms. The molecule has 1 N–H and O–H groups in total. The Morgan fingerprint density at radius 3 is 2.79 bits per heavy atom. The van der Waals surface area contributed by atoms with Gasteiger partial charge >= 0.3 is 0 Å². The number of aryl methyl sites for hydroxylation is 1. The van der Waals surface area contributed by atoms with Gasteiger partial charge in [0.2, 0.25) is 0 Å². The van der Waals surface area contributed by atoms with Gasteiger partial charge in [-0.25, -0.2) is 0 Å². The number of halogens is 1. The molecule has 1 fully saturated rings. The molecule has 106 valence electrons. The van der Waals surface area contributed by atoms with Crippen LogP contribution in [-0.2, 0) is 6.42 Å². The standard InChI is InChI=1S/C16H25BrN2/c1-5-13-8-14(17)6-7-16(13)19-10-15(11(2)3)18-9-12(19)4/h6-8,11-12,15,18H,5,9-10H2,1-4H3. The lowest BCUT2D eigenvalue weighted by atomic mass is 9.98. The molecule has 1 aromatic carbocycles. The molecule has 19 heavy (non-hydrogen) atoms. The van der Waals surface area contributed by atoms with Gasteiger partial charge in [-0.15, -0.1) is 0 Å². The van der Waals surface area contributed by atoms with Crippen LogP contribution in [0, 0.1) is 5.92 Å². The van der Waals surface area contributed by atoms with Crippen LogP contribution >= 0.6 is 15.9 Å². The summed E-state index contributed by atoms with van der Waals surface area (Å²) in [7, 11) is 0. The summed E-state index contributed by atoms with van der Waals surface area (Å²) in [6.45, 7) is 11.3. The van der Waals surface area contributed by atoms with Crippen molar-refractivity contribution in [3.8, 4) is 0 Å². The molecule has 0 aliphatic carbocycles. The third kappa shape index (κ3) is 3.32. The van der Waals surface area contributed by atoms with E-state index < -0.39 is 0 Å². The zero-order chi connectivity index (χ0) is 14.0. The number of piperazine rings is 1. The van der Waals surface area contributed by atoms with Crippen molar-refractivity contribution in [1.29, 1.82) is 0 Å². The van der Waals surface area contributed by atoms with Crippen LogP contribution in [-0.4, -0.2) is 25.2 Å². The largest absolute Gasteiger partial charge is 0.366 e. The van der Waals surface area contributed by atoms with Crippen molar-refractivity contribution in [1.82, 2.24) is 5.32 Å². The van der Waals surface area contributed by atoms with E-state index in [2.05, 4.69) is 72.0 Å². The quantitative estimate of drug-likeness (QED) is 0.908. The molecule has 1 aliphatic heterocycles. The lowest BCUT2D eigenvalue weighted by Gasteiger charge is -2.42. The van der Waals surface area contributed by atoms with Gasteiger partial charge in [-0.05, 0) is 43.0 Å². The molecule has 1 saturated heterocycles. The molecule has 0 radical (unpaired) electrons. The van der Waals surface area contributed by atoms with Gasteiger partial charge in [0.15, 0.2) is 0 Å². The smallest absolute Gasteiger partial charge is 0.0402 e. The maximum atomic E-state index is 3.67. The Labute approximate surface area is 125 Å². The van der Waals surface area contributed by atoms with Crippen LogP contribution in [0.15, 0.2) is 22.7 Å². The van der Waals surface area contributed by atoms with Gasteiger partial charge in [0, 0.05) is 35.3 Å². The number of rotatable bonds is 3. The average Bonchev–Trinajstić information content (AvgIpc) is 2.39. The zero-order valence-electron chi connectivity index (χ0n) is 12.4. The molecule has 0 bridgehead atoms. The van der Waals surface area contributed by atoms with Gasteiger partial charge in [-0.1, -0.05) is 36.7 Å². The highest BCUT2D eigenvalue weighted by molar-refractivity contribution is 9.10. The van der Waals surface area contributed by atoms with Gasteiger partial charge in [-0.3, -0.25) is 0 Å². The number of hydrogen-bond acceptors (Lipinski definition) is 2. The van der Waals surface area contributed by atoms with Crippen molar-refractivity contribution in [3.05, 3.63) is 28.2 Å². The van der Waals surface area contributed by atoms with Gasteiger partial charge in [0.25, 0.3) is 0 Å². The number of nitrogens with zero attached hydrogens (tertiary/aromatic N) is 1. The summed E-state index contributed by atoms with van der Waals surface area (Å²) < 4.78 is 1.18. The summed E-state index contributed by atoms with van der Waals surface area (Å²) in [6.07, 6.45) is 1.08. The van der Waals surface area contributed by atoms with Crippen LogP contribution in [0.3, 0.4) is 0 Å². The highest BCUT2D eigenvalue weighted by Crippen LogP contribution is 2.28. The van der Waals surface area contributed by atoms with Crippen LogP contribution in [0.5, 0.6) is 0 Å². The zero-order valence-corrected chi connectivity index (χ0v) is 14.0. The molecule has 2 rings (SSSR count). The van der Waals surface area contributed by atoms with E-state index in [1.54, 1.807) is 0 Å². The maximum Gasteiger partial charge on any atom is 0.0402 e. The lowest BCUT2D eigenvalue weighted by Crippen LogP contribution is -2.57. The summed E-state index contributed by atoms with van der Waals surface area (Å²) in [6, 6.07) is 7.83. The fraction of sp³-hybridized carbons (Fsp3) is 0.625. The molecule has 2 nitrogen and oxygen atoms in total. The molecular weight excluding hydrogens is 300 g/mol. The Morgan fingerprint density at radius 1 is 1.42 bits per heavy atom. The van der Waals surface area contributed by atoms with E-state index in [0.29, 0.717) is 18.0 Å². The van der Waals surface area contributed by atoms with Crippen LogP contribution in [0.4, 0.5) is 5.69 Å². The summed E-state index contributed by atoms with van der Waals surface area (Å²) in [5.41, 5.74) is 2.84. The Bertz CT molecular complexity index is 431. The van der Waals surface area contributed by atoms with Crippen molar-refractivity contribution in [3.63, 3.8) is 0 Å². The molecule has 1 aliphatic rings. The number of nitrogens with one attached hydrogen (secondary N) is 1. The van der Waals surface area contributed by atoms with Crippen LogP contribution in [0.25, 0.3) is 0 Å². The van der Waals surface area contributed by atoms with Gasteiger partial charge in [0.05, 0.1) is 0 Å². The van der Waals surface area contributed by atoms with Gasteiger partial charge < -0.3 is 10.2 Å². The molecule has 2 atom stereocenters. The molecule has 1 aromatic rings. The second-order valence-corrected chi connectivity index (χ2v) is 6.80. The number of anilines is 1. The van der Waals surface area contributed by atoms with Gasteiger partial charge in [-0.2, -0.15) is 0 Å². The topological polar surface area (TPSA) is 15.3 Å². The van der Waals surface area contributed by atoms with Crippen molar-refractivity contribution >= 4 is 21.6 Å². The Hall–Kier alpha value is -0.540. The van der Waals surface area contributed by atoms with Crippen LogP contribution in [0.2, 0.25) is 0 Å². The first-order valence-corrected chi connectivity index (χ1v) is 8.10. The lowest BCUT2D eigenvalue weighted by molar-refractivity contribution is 0.336. The fourth-order valence-electron chi connectivity index (χ4n) is 2.79. The van der Waals surface area contributed by atoms with E-state index in [-0.39, 0.29) is 0 Å². The second kappa shape index (κ2) is 6.27. The molecule has 0 amide bonds. The van der Waals surface area contributed by atoms with Crippen molar-refractivity contribution in [2.75, 3.05) is 18.0 Å². The first-order chi connectivity index (χ1) is 9.02. The molecule has 0 saturated carbocycles. The normalized spacial score (nSPS) is 24.0. The fourth-order valence-corrected chi connectivity index (χ4v) is 3.20. The first kappa shape index (κ1) is 14.9. The summed E-state index contributed by atoms with van der Waals surface area (Å²) in [5.74, 6) is 0.676. The van der Waals surface area contributed by atoms with E-state index in [0.717, 1.165) is 19.5 Å². The third-order valence-corrected chi connectivity index (χ3v) is 4.63. The van der Waals surface area contributed by atoms with Crippen molar-refractivity contribution < 1.29 is 0 Å². The minimum atomic E-state index is 0.557. The summed E-state index contributed by atoms with van der Waals surface area (Å²) in [4.78, 5) is 2.58. The summed E-state index contributed by atoms with van der Waals surface area (Å²) >= 11 is 3.58. The minimum absolute atomic E-state index is 0.557. The first-order valence-electron chi connectivity index (χ1n) is 7.31. The van der Waals surface area contributed by atoms with E-state index in [4.69, 9.17) is 0 Å². The van der Waals surface area contributed by atoms with Crippen LogP contribution in [0.1, 0.15) is 33.3 Å². The molecule has 1 heterocycles. The van der Waals surface area contributed by atoms with E-state index >= 15 is 0 Å². The van der Waals surface area contributed by atoms with Crippen molar-refractivity contribution in [2.24, 2.45) is 5.92 Å². The molecule has 0 spiro atoms. The van der Waals surface area contributed by atoms with Crippen LogP contribution < -0.4 is 10.2 Å². The Kier molecular flexibility index (Phi) is 4.91. The van der Waals surface area contributed by atoms with E-state index in [1.165, 1.54) is 15.7 Å². The second-order valence-electron chi connectivity index (χ2n) is 5.89. The van der Waals surface area contributed by atoms with E-state index in [9.17, 15) is 0 Å². The molecule has 2 unspecified atom stereocenters. The van der Waals surface area contributed by atoms with Crippen molar-refractivity contribution in [2.45, 2.75) is 46.2 Å². The monoisotopic (exact) mass is 324 g/mol. The summed E-state index contributed by atoms with van der Waals surface area (Å²) in [5, 5.41) is 3.67. The average molecular weight is 325 g/mol. The Morgan fingerprint density at radius 2 is 2.16 bits per heavy atom. The van der Waals surface area contributed by atoms with Gasteiger partial charge in [0.1, 0.15) is 0 Å². The number of benzene rings is 1. The predicted molar refractivity (Wildman–Crippen MR) is 87.0 cm³/mol. The highest BCUT2D eigenvalue weighted by Gasteiger charge is 2.27. The van der Waals surface area contributed by atoms with E-state index in [1.807, 2.05) is 0 Å². The highest BCUT2D eigenvalue weighted by atomic mass is 79.9. The molecule has 0 aromatic heterocycles. The third-order valence-electron chi connectivity index (χ3n) is 4.14. The Balaban J connectivity index is 2.28. The molecular formula is C16H25BrN2. The maximum absolute atomic E-state index is 3.67. The number of hydrogen-bond donors (Lipinski definition) is 1.